The van der Waals surface area contributed by atoms with E-state index in [-0.39, 0.29) is 12.1 Å². The molecule has 1 aromatic heterocycles. The Morgan fingerprint density at radius 3 is 2.47 bits per heavy atom. The fourth-order valence-corrected chi connectivity index (χ4v) is 2.06. The molecule has 2 unspecified atom stereocenters. The second kappa shape index (κ2) is 6.00. The fourth-order valence-electron chi connectivity index (χ4n) is 2.06. The number of nitrogens with one attached hydrogen (secondary N) is 1. The van der Waals surface area contributed by atoms with E-state index in [1.54, 1.807) is 25.1 Å². The molecule has 1 rings (SSSR count). The van der Waals surface area contributed by atoms with Crippen LogP contribution in [0.15, 0.2) is 6.20 Å². The molecule has 0 radical (unpaired) electrons. The molecule has 0 saturated heterocycles. The number of hydrogen-bond donors (Lipinski definition) is 2. The molecule has 0 aromatic carbocycles. The summed E-state index contributed by atoms with van der Waals surface area (Å²) in [6.07, 6.45) is 1.62. The van der Waals surface area contributed by atoms with Crippen LogP contribution in [0.1, 0.15) is 25.6 Å². The molecule has 3 N–H and O–H groups in total. The molecule has 17 heavy (non-hydrogen) atoms. The molecule has 0 fully saturated rings. The van der Waals surface area contributed by atoms with Crippen LogP contribution in [0.3, 0.4) is 0 Å². The first-order chi connectivity index (χ1) is 8.06. The van der Waals surface area contributed by atoms with Gasteiger partial charge >= 0.3 is 0 Å². The van der Waals surface area contributed by atoms with Gasteiger partial charge in [0.05, 0.1) is 25.5 Å². The van der Waals surface area contributed by atoms with Crippen molar-refractivity contribution in [2.75, 3.05) is 14.2 Å². The molecule has 0 amide bonds. The number of ether oxygens (including phenoxy) is 2. The van der Waals surface area contributed by atoms with Gasteiger partial charge in [0.2, 0.25) is 0 Å². The van der Waals surface area contributed by atoms with Crippen molar-refractivity contribution in [1.29, 1.82) is 0 Å². The number of aromatic nitrogens is 2. The minimum Gasteiger partial charge on any atom is -0.493 e. The van der Waals surface area contributed by atoms with Gasteiger partial charge in [0, 0.05) is 14.2 Å². The molecule has 6 heteroatoms. The van der Waals surface area contributed by atoms with Crippen molar-refractivity contribution in [1.82, 2.24) is 15.2 Å². The second-order valence-corrected chi connectivity index (χ2v) is 4.31. The molecule has 0 aliphatic carbocycles. The van der Waals surface area contributed by atoms with Crippen LogP contribution in [0.2, 0.25) is 0 Å². The predicted molar refractivity (Wildman–Crippen MR) is 65.5 cm³/mol. The lowest BCUT2D eigenvalue weighted by Gasteiger charge is -2.28. The lowest BCUT2D eigenvalue weighted by Crippen LogP contribution is -2.41. The van der Waals surface area contributed by atoms with Crippen molar-refractivity contribution in [2.45, 2.75) is 26.0 Å². The summed E-state index contributed by atoms with van der Waals surface area (Å²) in [5.41, 5.74) is 3.67. The van der Waals surface area contributed by atoms with Crippen LogP contribution >= 0.6 is 0 Å². The summed E-state index contributed by atoms with van der Waals surface area (Å²) in [5, 5.41) is 4.17. The van der Waals surface area contributed by atoms with E-state index in [4.69, 9.17) is 15.3 Å². The van der Waals surface area contributed by atoms with Gasteiger partial charge in [-0.1, -0.05) is 13.8 Å². The highest BCUT2D eigenvalue weighted by Gasteiger charge is 2.30. The van der Waals surface area contributed by atoms with Crippen LogP contribution in [0, 0.1) is 5.92 Å². The van der Waals surface area contributed by atoms with E-state index in [2.05, 4.69) is 24.4 Å². The Bertz CT molecular complexity index is 351. The number of hydrogen-bond acceptors (Lipinski definition) is 5. The summed E-state index contributed by atoms with van der Waals surface area (Å²) >= 11 is 0. The zero-order valence-electron chi connectivity index (χ0n) is 11.1. The summed E-state index contributed by atoms with van der Waals surface area (Å²) in [6, 6.07) is -0.164. The largest absolute Gasteiger partial charge is 0.493 e. The molecule has 0 aliphatic rings. The van der Waals surface area contributed by atoms with E-state index >= 15 is 0 Å². The first-order valence-electron chi connectivity index (χ1n) is 5.61. The number of nitrogens with two attached hydrogens (primary N) is 1. The van der Waals surface area contributed by atoms with Crippen LogP contribution in [0.25, 0.3) is 0 Å². The lowest BCUT2D eigenvalue weighted by molar-refractivity contribution is 0.0296. The maximum Gasteiger partial charge on any atom is 0.161 e. The third-order valence-electron chi connectivity index (χ3n) is 2.90. The van der Waals surface area contributed by atoms with Gasteiger partial charge in [-0.05, 0) is 5.92 Å². The summed E-state index contributed by atoms with van der Waals surface area (Å²) < 4.78 is 12.5. The van der Waals surface area contributed by atoms with Crippen LogP contribution < -0.4 is 16.0 Å². The van der Waals surface area contributed by atoms with Gasteiger partial charge < -0.3 is 9.47 Å². The predicted octanol–water partition coefficient (Wildman–Crippen LogP) is 0.604. The summed E-state index contributed by atoms with van der Waals surface area (Å²) in [6.45, 7) is 4.17. The Morgan fingerprint density at radius 2 is 2.06 bits per heavy atom. The standard InChI is InChI=1S/C11H22N4O2/c1-7(2)11(17-5)9(14-12)10-8(16-4)6-13-15(10)3/h6-7,9,11,14H,12H2,1-5H3. The highest BCUT2D eigenvalue weighted by Crippen LogP contribution is 2.30. The molecule has 0 bridgehead atoms. The zero-order chi connectivity index (χ0) is 13.0. The number of methoxy groups -OCH3 is 2. The Kier molecular flexibility index (Phi) is 4.92. The number of aryl methyl sites for hydroxylation is 1. The number of hydrazine groups is 1. The van der Waals surface area contributed by atoms with E-state index in [1.807, 2.05) is 7.05 Å². The van der Waals surface area contributed by atoms with Gasteiger partial charge in [-0.25, -0.2) is 5.43 Å². The van der Waals surface area contributed by atoms with E-state index in [0.29, 0.717) is 11.7 Å². The maximum absolute atomic E-state index is 5.64. The normalized spacial score (nSPS) is 15.0. The van der Waals surface area contributed by atoms with Crippen LogP contribution in [-0.2, 0) is 11.8 Å². The minimum atomic E-state index is -0.164. The van der Waals surface area contributed by atoms with E-state index < -0.39 is 0 Å². The minimum absolute atomic E-state index is 0.0516. The average molecular weight is 242 g/mol. The molecule has 0 aliphatic heterocycles. The molecular formula is C11H22N4O2. The van der Waals surface area contributed by atoms with Crippen molar-refractivity contribution in [3.63, 3.8) is 0 Å². The lowest BCUT2D eigenvalue weighted by atomic mass is 9.97. The van der Waals surface area contributed by atoms with E-state index in [1.165, 1.54) is 0 Å². The third kappa shape index (κ3) is 2.77. The average Bonchev–Trinajstić information content (AvgIpc) is 2.66. The van der Waals surface area contributed by atoms with Crippen LogP contribution in [-0.4, -0.2) is 30.1 Å². The Morgan fingerprint density at radius 1 is 1.41 bits per heavy atom. The molecular weight excluding hydrogens is 220 g/mol. The van der Waals surface area contributed by atoms with Crippen LogP contribution in [0.5, 0.6) is 5.75 Å². The molecule has 0 spiro atoms. The molecule has 1 aromatic rings. The third-order valence-corrected chi connectivity index (χ3v) is 2.90. The van der Waals surface area contributed by atoms with Crippen LogP contribution in [0.4, 0.5) is 0 Å². The summed E-state index contributed by atoms with van der Waals surface area (Å²) in [4.78, 5) is 0. The van der Waals surface area contributed by atoms with Gasteiger partial charge in [-0.3, -0.25) is 10.5 Å². The highest BCUT2D eigenvalue weighted by molar-refractivity contribution is 5.29. The van der Waals surface area contributed by atoms with E-state index in [0.717, 1.165) is 5.69 Å². The Balaban J connectivity index is 3.11. The monoisotopic (exact) mass is 242 g/mol. The maximum atomic E-state index is 5.64. The first kappa shape index (κ1) is 14.0. The first-order valence-corrected chi connectivity index (χ1v) is 5.61. The smallest absolute Gasteiger partial charge is 0.161 e. The number of rotatable bonds is 6. The van der Waals surface area contributed by atoms with E-state index in [9.17, 15) is 0 Å². The quantitative estimate of drug-likeness (QED) is 0.564. The zero-order valence-corrected chi connectivity index (χ0v) is 11.1. The molecule has 0 saturated carbocycles. The SMILES string of the molecule is COc1cnn(C)c1C(NN)C(OC)C(C)C. The van der Waals surface area contributed by atoms with Gasteiger partial charge in [-0.2, -0.15) is 5.10 Å². The van der Waals surface area contributed by atoms with Crippen molar-refractivity contribution >= 4 is 0 Å². The molecule has 98 valence electrons. The van der Waals surface area contributed by atoms with Crippen molar-refractivity contribution in [3.05, 3.63) is 11.9 Å². The van der Waals surface area contributed by atoms with Crippen molar-refractivity contribution in [3.8, 4) is 5.75 Å². The van der Waals surface area contributed by atoms with Crippen molar-refractivity contribution in [2.24, 2.45) is 18.8 Å². The fraction of sp³-hybridized carbons (Fsp3) is 0.727. The second-order valence-electron chi connectivity index (χ2n) is 4.31. The number of nitrogens with zero attached hydrogens (tertiary/aromatic N) is 2. The molecule has 1 heterocycles. The van der Waals surface area contributed by atoms with Gasteiger partial charge in [-0.15, -0.1) is 0 Å². The molecule has 2 atom stereocenters. The van der Waals surface area contributed by atoms with Crippen molar-refractivity contribution < 1.29 is 9.47 Å². The van der Waals surface area contributed by atoms with Gasteiger partial charge in [0.15, 0.2) is 5.75 Å². The highest BCUT2D eigenvalue weighted by atomic mass is 16.5. The summed E-state index contributed by atoms with van der Waals surface area (Å²) in [7, 11) is 5.15. The molecule has 6 nitrogen and oxygen atoms in total. The topological polar surface area (TPSA) is 74.3 Å². The Labute approximate surface area is 102 Å². The summed E-state index contributed by atoms with van der Waals surface area (Å²) in [5.74, 6) is 6.67. The Hall–Kier alpha value is -1.11. The van der Waals surface area contributed by atoms with Gasteiger partial charge in [0.1, 0.15) is 5.69 Å². The van der Waals surface area contributed by atoms with Gasteiger partial charge in [0.25, 0.3) is 0 Å².